The third-order valence-electron chi connectivity index (χ3n) is 7.79. The van der Waals surface area contributed by atoms with Gasteiger partial charge in [0.15, 0.2) is 0 Å². The van der Waals surface area contributed by atoms with E-state index in [1.807, 2.05) is 24.3 Å². The Morgan fingerprint density at radius 2 is 1.62 bits per heavy atom. The average molecular weight is 463 g/mol. The van der Waals surface area contributed by atoms with Gasteiger partial charge in [-0.1, -0.05) is 12.1 Å². The van der Waals surface area contributed by atoms with Gasteiger partial charge in [-0.25, -0.2) is 4.98 Å². The van der Waals surface area contributed by atoms with Gasteiger partial charge in [-0.15, -0.1) is 0 Å². The van der Waals surface area contributed by atoms with Gasteiger partial charge in [0, 0.05) is 36.7 Å². The van der Waals surface area contributed by atoms with Crippen LogP contribution in [0.25, 0.3) is 0 Å². The van der Waals surface area contributed by atoms with Crippen molar-refractivity contribution in [3.05, 3.63) is 59.7 Å². The van der Waals surface area contributed by atoms with Crippen LogP contribution in [0.3, 0.4) is 0 Å². The molecule has 0 aliphatic heterocycles. The number of aromatic nitrogens is 2. The molecular weight excluding hydrogens is 428 g/mol. The second-order valence-electron chi connectivity index (χ2n) is 10.6. The van der Waals surface area contributed by atoms with E-state index in [0.29, 0.717) is 23.2 Å². The van der Waals surface area contributed by atoms with Crippen LogP contribution in [0.1, 0.15) is 78.0 Å². The van der Waals surface area contributed by atoms with E-state index in [0.717, 1.165) is 63.7 Å². The highest BCUT2D eigenvalue weighted by atomic mass is 16.5. The van der Waals surface area contributed by atoms with Gasteiger partial charge >= 0.3 is 0 Å². The monoisotopic (exact) mass is 462 g/mol. The second kappa shape index (κ2) is 9.45. The Kier molecular flexibility index (Phi) is 6.38. The molecule has 0 saturated heterocycles. The Labute approximate surface area is 201 Å². The van der Waals surface area contributed by atoms with Crippen molar-refractivity contribution in [1.82, 2.24) is 20.6 Å². The zero-order chi connectivity index (χ0) is 23.6. The lowest BCUT2D eigenvalue weighted by Crippen LogP contribution is -2.70. The minimum atomic E-state index is -0.283. The van der Waals surface area contributed by atoms with Gasteiger partial charge in [-0.3, -0.25) is 14.6 Å². The summed E-state index contributed by atoms with van der Waals surface area (Å²) in [5.74, 6) is 0.815. The number of carbonyl (C=O) groups is 2. The summed E-state index contributed by atoms with van der Waals surface area (Å²) in [6, 6.07) is 11.1. The third kappa shape index (κ3) is 4.85. The van der Waals surface area contributed by atoms with Crippen LogP contribution < -0.4 is 10.6 Å². The molecular formula is C27H34N4O3. The summed E-state index contributed by atoms with van der Waals surface area (Å²) in [4.78, 5) is 35.1. The molecule has 2 atom stereocenters. The predicted octanol–water partition coefficient (Wildman–Crippen LogP) is 3.70. The first kappa shape index (κ1) is 23.0. The molecule has 0 radical (unpaired) electrons. The highest BCUT2D eigenvalue weighted by Crippen LogP contribution is 2.57. The van der Waals surface area contributed by atoms with Crippen LogP contribution in [-0.4, -0.2) is 46.6 Å². The van der Waals surface area contributed by atoms with E-state index in [4.69, 9.17) is 4.74 Å². The standard InChI is InChI=1S/C27H34N4O3/c1-34-12-5-3-7-21-8-6-10-23(29-21)25(33)31-27-16-19-13-20(17-27)15-26(14-19,18-27)30-24(32)22-9-2-4-11-28-22/h2,4,6,8-11,19-20H,3,5,7,12-18H2,1H3,(H,30,32)(H,31,33). The van der Waals surface area contributed by atoms with Gasteiger partial charge in [-0.2, -0.15) is 0 Å². The fraction of sp³-hybridized carbons (Fsp3) is 0.556. The summed E-state index contributed by atoms with van der Waals surface area (Å²) in [7, 11) is 1.71. The molecule has 6 rings (SSSR count). The van der Waals surface area contributed by atoms with Gasteiger partial charge in [0.1, 0.15) is 11.4 Å². The number of aryl methyl sites for hydroxylation is 1. The van der Waals surface area contributed by atoms with E-state index < -0.39 is 0 Å². The van der Waals surface area contributed by atoms with Crippen LogP contribution in [-0.2, 0) is 11.2 Å². The van der Waals surface area contributed by atoms with E-state index in [-0.39, 0.29) is 22.9 Å². The van der Waals surface area contributed by atoms with E-state index in [9.17, 15) is 9.59 Å². The molecule has 2 N–H and O–H groups in total. The molecule has 0 aromatic carbocycles. The van der Waals surface area contributed by atoms with Crippen LogP contribution in [0.4, 0.5) is 0 Å². The lowest BCUT2D eigenvalue weighted by Gasteiger charge is -2.62. The summed E-state index contributed by atoms with van der Waals surface area (Å²) in [5.41, 5.74) is 1.31. The number of rotatable bonds is 9. The van der Waals surface area contributed by atoms with E-state index in [1.165, 1.54) is 6.42 Å². The molecule has 4 fully saturated rings. The first-order valence-electron chi connectivity index (χ1n) is 12.5. The average Bonchev–Trinajstić information content (AvgIpc) is 2.81. The van der Waals surface area contributed by atoms with Crippen molar-refractivity contribution in [2.75, 3.05) is 13.7 Å². The number of unbranched alkanes of at least 4 members (excludes halogenated alkanes) is 1. The highest BCUT2D eigenvalue weighted by molar-refractivity contribution is 5.93. The van der Waals surface area contributed by atoms with Gasteiger partial charge in [0.2, 0.25) is 0 Å². The molecule has 2 amide bonds. The summed E-state index contributed by atoms with van der Waals surface area (Å²) in [6.45, 7) is 0.740. The van der Waals surface area contributed by atoms with Crippen molar-refractivity contribution in [2.24, 2.45) is 11.8 Å². The molecule has 180 valence electrons. The minimum absolute atomic E-state index is 0.105. The van der Waals surface area contributed by atoms with Crippen molar-refractivity contribution >= 4 is 11.8 Å². The number of pyridine rings is 2. The smallest absolute Gasteiger partial charge is 0.270 e. The lowest BCUT2D eigenvalue weighted by molar-refractivity contribution is -0.0449. The Morgan fingerprint density at radius 1 is 0.941 bits per heavy atom. The van der Waals surface area contributed by atoms with Crippen molar-refractivity contribution < 1.29 is 14.3 Å². The summed E-state index contributed by atoms with van der Waals surface area (Å²) in [6.07, 6.45) is 10.3. The second-order valence-corrected chi connectivity index (χ2v) is 10.6. The molecule has 0 spiro atoms. The van der Waals surface area contributed by atoms with Crippen molar-refractivity contribution in [1.29, 1.82) is 0 Å². The van der Waals surface area contributed by atoms with E-state index >= 15 is 0 Å². The molecule has 34 heavy (non-hydrogen) atoms. The summed E-state index contributed by atoms with van der Waals surface area (Å²) >= 11 is 0. The number of hydrogen-bond acceptors (Lipinski definition) is 5. The fourth-order valence-corrected chi connectivity index (χ4v) is 6.96. The number of nitrogens with one attached hydrogen (secondary N) is 2. The Hall–Kier alpha value is -2.80. The zero-order valence-electron chi connectivity index (χ0n) is 19.9. The Balaban J connectivity index is 1.29. The van der Waals surface area contributed by atoms with Gasteiger partial charge < -0.3 is 15.4 Å². The Bertz CT molecular complexity index is 1030. The van der Waals surface area contributed by atoms with Crippen LogP contribution >= 0.6 is 0 Å². The van der Waals surface area contributed by atoms with E-state index in [2.05, 4.69) is 20.6 Å². The van der Waals surface area contributed by atoms with Crippen molar-refractivity contribution in [3.8, 4) is 0 Å². The Morgan fingerprint density at radius 3 is 2.26 bits per heavy atom. The SMILES string of the molecule is COCCCCc1cccc(C(=O)NC23CC4CC(CC(NC(=O)c5ccccn5)(C4)C2)C3)n1. The van der Waals surface area contributed by atoms with Crippen LogP contribution in [0.5, 0.6) is 0 Å². The molecule has 4 saturated carbocycles. The maximum atomic E-state index is 13.3. The zero-order valence-corrected chi connectivity index (χ0v) is 19.9. The quantitative estimate of drug-likeness (QED) is 0.555. The largest absolute Gasteiger partial charge is 0.385 e. The lowest BCUT2D eigenvalue weighted by atomic mass is 9.49. The number of ether oxygens (including phenoxy) is 1. The van der Waals surface area contributed by atoms with Crippen molar-refractivity contribution in [3.63, 3.8) is 0 Å². The molecule has 7 heteroatoms. The normalized spacial score (nSPS) is 29.1. The van der Waals surface area contributed by atoms with Crippen LogP contribution in [0.2, 0.25) is 0 Å². The van der Waals surface area contributed by atoms with Crippen LogP contribution in [0.15, 0.2) is 42.6 Å². The predicted molar refractivity (Wildman–Crippen MR) is 128 cm³/mol. The molecule has 2 aromatic heterocycles. The van der Waals surface area contributed by atoms with Gasteiger partial charge in [0.05, 0.1) is 0 Å². The maximum Gasteiger partial charge on any atom is 0.270 e. The molecule has 4 aliphatic carbocycles. The van der Waals surface area contributed by atoms with Crippen molar-refractivity contribution in [2.45, 2.75) is 68.9 Å². The van der Waals surface area contributed by atoms with Crippen LogP contribution in [0, 0.1) is 11.8 Å². The molecule has 7 nitrogen and oxygen atoms in total. The number of amides is 2. The molecule has 4 bridgehead atoms. The molecule has 2 aromatic rings. The van der Waals surface area contributed by atoms with Gasteiger partial charge in [-0.05, 0) is 93.9 Å². The highest BCUT2D eigenvalue weighted by Gasteiger charge is 2.58. The molecule has 2 unspecified atom stereocenters. The first-order valence-corrected chi connectivity index (χ1v) is 12.5. The minimum Gasteiger partial charge on any atom is -0.385 e. The molecule has 2 heterocycles. The maximum absolute atomic E-state index is 13.3. The third-order valence-corrected chi connectivity index (χ3v) is 7.79. The fourth-order valence-electron chi connectivity index (χ4n) is 6.96. The van der Waals surface area contributed by atoms with Gasteiger partial charge in [0.25, 0.3) is 11.8 Å². The first-order chi connectivity index (χ1) is 16.5. The summed E-state index contributed by atoms with van der Waals surface area (Å²) in [5, 5.41) is 6.74. The number of nitrogens with zero attached hydrogens (tertiary/aromatic N) is 2. The summed E-state index contributed by atoms with van der Waals surface area (Å²) < 4.78 is 5.12. The number of methoxy groups -OCH3 is 1. The topological polar surface area (TPSA) is 93.2 Å². The molecule has 4 aliphatic rings. The number of carbonyl (C=O) groups excluding carboxylic acids is 2. The number of hydrogen-bond donors (Lipinski definition) is 2. The van der Waals surface area contributed by atoms with E-state index in [1.54, 1.807) is 25.4 Å².